The highest BCUT2D eigenvalue weighted by atomic mass is 16.5. The summed E-state index contributed by atoms with van der Waals surface area (Å²) >= 11 is 0. The second-order valence-corrected chi connectivity index (χ2v) is 4.92. The SMILES string of the molecule is CC1(c2n[nH]c(C3CCNC3)n2)CCCO1. The predicted molar refractivity (Wildman–Crippen MR) is 59.1 cm³/mol. The van der Waals surface area contributed by atoms with Crippen LogP contribution in [0.15, 0.2) is 0 Å². The average molecular weight is 222 g/mol. The molecule has 88 valence electrons. The molecule has 2 aliphatic heterocycles. The number of nitrogens with one attached hydrogen (secondary N) is 2. The van der Waals surface area contributed by atoms with Gasteiger partial charge < -0.3 is 10.1 Å². The molecule has 0 radical (unpaired) electrons. The molecule has 0 aliphatic carbocycles. The van der Waals surface area contributed by atoms with E-state index in [1.54, 1.807) is 0 Å². The van der Waals surface area contributed by atoms with Crippen molar-refractivity contribution in [3.05, 3.63) is 11.6 Å². The maximum absolute atomic E-state index is 5.74. The van der Waals surface area contributed by atoms with Crippen molar-refractivity contribution in [3.8, 4) is 0 Å². The highest BCUT2D eigenvalue weighted by Gasteiger charge is 2.36. The number of rotatable bonds is 2. The molecule has 0 saturated carbocycles. The highest BCUT2D eigenvalue weighted by molar-refractivity contribution is 5.07. The fraction of sp³-hybridized carbons (Fsp3) is 0.818. The van der Waals surface area contributed by atoms with E-state index in [1.165, 1.54) is 0 Å². The van der Waals surface area contributed by atoms with Crippen LogP contribution in [-0.4, -0.2) is 34.9 Å². The summed E-state index contributed by atoms with van der Waals surface area (Å²) in [4.78, 5) is 4.61. The molecule has 1 aromatic rings. The topological polar surface area (TPSA) is 62.8 Å². The van der Waals surface area contributed by atoms with E-state index < -0.39 is 0 Å². The van der Waals surface area contributed by atoms with Crippen molar-refractivity contribution in [2.75, 3.05) is 19.7 Å². The van der Waals surface area contributed by atoms with E-state index in [1.807, 2.05) is 0 Å². The van der Waals surface area contributed by atoms with Crippen LogP contribution in [0.1, 0.15) is 43.8 Å². The van der Waals surface area contributed by atoms with Gasteiger partial charge in [-0.25, -0.2) is 4.98 Å². The molecule has 2 saturated heterocycles. The largest absolute Gasteiger partial charge is 0.367 e. The lowest BCUT2D eigenvalue weighted by molar-refractivity contribution is 0.00957. The molecule has 2 fully saturated rings. The zero-order chi connectivity index (χ0) is 11.0. The van der Waals surface area contributed by atoms with Gasteiger partial charge in [0.25, 0.3) is 0 Å². The Bertz CT molecular complexity index is 364. The molecule has 3 heterocycles. The van der Waals surface area contributed by atoms with Crippen LogP contribution in [0.25, 0.3) is 0 Å². The van der Waals surface area contributed by atoms with E-state index >= 15 is 0 Å². The molecule has 1 aromatic heterocycles. The Labute approximate surface area is 95.0 Å². The van der Waals surface area contributed by atoms with Crippen molar-refractivity contribution in [2.45, 2.75) is 37.7 Å². The quantitative estimate of drug-likeness (QED) is 0.780. The Morgan fingerprint density at radius 1 is 1.50 bits per heavy atom. The second-order valence-electron chi connectivity index (χ2n) is 4.92. The summed E-state index contributed by atoms with van der Waals surface area (Å²) in [6, 6.07) is 0. The first kappa shape index (κ1) is 10.2. The number of hydrogen-bond acceptors (Lipinski definition) is 4. The molecule has 0 amide bonds. The van der Waals surface area contributed by atoms with Crippen LogP contribution in [-0.2, 0) is 10.3 Å². The molecule has 3 rings (SSSR count). The van der Waals surface area contributed by atoms with E-state index in [9.17, 15) is 0 Å². The Kier molecular flexibility index (Phi) is 2.44. The smallest absolute Gasteiger partial charge is 0.182 e. The minimum atomic E-state index is -0.263. The summed E-state index contributed by atoms with van der Waals surface area (Å²) in [5.74, 6) is 2.33. The number of hydrogen-bond donors (Lipinski definition) is 2. The van der Waals surface area contributed by atoms with Crippen LogP contribution >= 0.6 is 0 Å². The van der Waals surface area contributed by atoms with Gasteiger partial charge in [0.15, 0.2) is 5.82 Å². The van der Waals surface area contributed by atoms with Crippen LogP contribution in [0, 0.1) is 0 Å². The molecule has 16 heavy (non-hydrogen) atoms. The molecule has 2 aliphatic rings. The van der Waals surface area contributed by atoms with Crippen molar-refractivity contribution in [3.63, 3.8) is 0 Å². The lowest BCUT2D eigenvalue weighted by Crippen LogP contribution is -2.21. The van der Waals surface area contributed by atoms with Crippen molar-refractivity contribution in [1.29, 1.82) is 0 Å². The first-order valence-electron chi connectivity index (χ1n) is 6.05. The van der Waals surface area contributed by atoms with Crippen molar-refractivity contribution >= 4 is 0 Å². The molecule has 2 unspecified atom stereocenters. The van der Waals surface area contributed by atoms with Gasteiger partial charge in [0.05, 0.1) is 0 Å². The fourth-order valence-corrected chi connectivity index (χ4v) is 2.54. The van der Waals surface area contributed by atoms with Crippen LogP contribution in [0.2, 0.25) is 0 Å². The fourth-order valence-electron chi connectivity index (χ4n) is 2.54. The van der Waals surface area contributed by atoms with Gasteiger partial charge in [-0.15, -0.1) is 0 Å². The molecule has 0 spiro atoms. The van der Waals surface area contributed by atoms with Gasteiger partial charge in [0.1, 0.15) is 11.4 Å². The third-order valence-electron chi connectivity index (χ3n) is 3.64. The summed E-state index contributed by atoms with van der Waals surface area (Å²) in [6.07, 6.45) is 3.27. The van der Waals surface area contributed by atoms with Gasteiger partial charge in [-0.05, 0) is 32.7 Å². The number of aromatic amines is 1. The Morgan fingerprint density at radius 2 is 2.44 bits per heavy atom. The first-order chi connectivity index (χ1) is 7.78. The average Bonchev–Trinajstić information content (AvgIpc) is 2.98. The molecular weight excluding hydrogens is 204 g/mol. The number of ether oxygens (including phenoxy) is 1. The van der Waals surface area contributed by atoms with Gasteiger partial charge in [-0.3, -0.25) is 5.10 Å². The van der Waals surface area contributed by atoms with E-state index in [2.05, 4.69) is 27.4 Å². The summed E-state index contributed by atoms with van der Waals surface area (Å²) in [7, 11) is 0. The van der Waals surface area contributed by atoms with Gasteiger partial charge >= 0.3 is 0 Å². The van der Waals surface area contributed by atoms with E-state index in [-0.39, 0.29) is 5.60 Å². The number of H-pyrrole nitrogens is 1. The molecular formula is C11H18N4O. The van der Waals surface area contributed by atoms with E-state index in [0.717, 1.165) is 50.6 Å². The molecule has 2 N–H and O–H groups in total. The van der Waals surface area contributed by atoms with Crippen LogP contribution < -0.4 is 5.32 Å². The minimum Gasteiger partial charge on any atom is -0.367 e. The van der Waals surface area contributed by atoms with Gasteiger partial charge in [-0.1, -0.05) is 0 Å². The number of nitrogens with zero attached hydrogens (tertiary/aromatic N) is 2. The maximum atomic E-state index is 5.74. The lowest BCUT2D eigenvalue weighted by Gasteiger charge is -2.18. The zero-order valence-electron chi connectivity index (χ0n) is 9.62. The van der Waals surface area contributed by atoms with Crippen molar-refractivity contribution in [1.82, 2.24) is 20.5 Å². The van der Waals surface area contributed by atoms with Gasteiger partial charge in [0.2, 0.25) is 0 Å². The summed E-state index contributed by atoms with van der Waals surface area (Å²) in [6.45, 7) is 4.99. The second kappa shape index (κ2) is 3.82. The summed E-state index contributed by atoms with van der Waals surface area (Å²) in [5, 5.41) is 10.7. The van der Waals surface area contributed by atoms with Crippen molar-refractivity contribution < 1.29 is 4.74 Å². The van der Waals surface area contributed by atoms with E-state index in [4.69, 9.17) is 4.74 Å². The molecule has 0 aromatic carbocycles. The van der Waals surface area contributed by atoms with Gasteiger partial charge in [-0.2, -0.15) is 5.10 Å². The lowest BCUT2D eigenvalue weighted by atomic mass is 10.0. The van der Waals surface area contributed by atoms with Crippen molar-refractivity contribution in [2.24, 2.45) is 0 Å². The van der Waals surface area contributed by atoms with Crippen LogP contribution in [0.5, 0.6) is 0 Å². The normalized spacial score (nSPS) is 34.7. The molecule has 5 heteroatoms. The Morgan fingerprint density at radius 3 is 3.12 bits per heavy atom. The standard InChI is InChI=1S/C11H18N4O/c1-11(4-2-6-16-11)10-13-9(14-15-10)8-3-5-12-7-8/h8,12H,2-7H2,1H3,(H,13,14,15). The van der Waals surface area contributed by atoms with Crippen LogP contribution in [0.4, 0.5) is 0 Å². The Balaban J connectivity index is 1.81. The predicted octanol–water partition coefficient (Wildman–Crippen LogP) is 0.907. The van der Waals surface area contributed by atoms with Crippen LogP contribution in [0.3, 0.4) is 0 Å². The molecule has 0 bridgehead atoms. The maximum Gasteiger partial charge on any atom is 0.182 e. The molecule has 2 atom stereocenters. The third-order valence-corrected chi connectivity index (χ3v) is 3.64. The number of aromatic nitrogens is 3. The summed E-state index contributed by atoms with van der Waals surface area (Å²) < 4.78 is 5.74. The third kappa shape index (κ3) is 1.64. The zero-order valence-corrected chi connectivity index (χ0v) is 9.62. The molecule has 5 nitrogen and oxygen atoms in total. The Hall–Kier alpha value is -0.940. The van der Waals surface area contributed by atoms with E-state index in [0.29, 0.717) is 5.92 Å². The minimum absolute atomic E-state index is 0.263. The van der Waals surface area contributed by atoms with Gasteiger partial charge in [0, 0.05) is 19.1 Å². The highest BCUT2D eigenvalue weighted by Crippen LogP contribution is 2.34. The first-order valence-corrected chi connectivity index (χ1v) is 6.05. The monoisotopic (exact) mass is 222 g/mol. The summed E-state index contributed by atoms with van der Waals surface area (Å²) in [5.41, 5.74) is -0.263.